The lowest BCUT2D eigenvalue weighted by Crippen LogP contribution is -2.08. The number of nitrogens with two attached hydrogens (primary N) is 1. The molecule has 0 saturated carbocycles. The lowest BCUT2D eigenvalue weighted by molar-refractivity contribution is 0.622. The minimum Gasteiger partial charge on any atom is -0.323 e. The molecular weight excluding hydrogens is 204 g/mol. The van der Waals surface area contributed by atoms with Gasteiger partial charge in [0.1, 0.15) is 0 Å². The van der Waals surface area contributed by atoms with Crippen LogP contribution in [0.5, 0.6) is 0 Å². The van der Waals surface area contributed by atoms with Crippen LogP contribution in [0, 0.1) is 0 Å². The average molecular weight is 220 g/mol. The van der Waals surface area contributed by atoms with E-state index < -0.39 is 0 Å². The zero-order valence-electron chi connectivity index (χ0n) is 9.54. The summed E-state index contributed by atoms with van der Waals surface area (Å²) in [7, 11) is 1.89. The average Bonchev–Trinajstić information content (AvgIpc) is 2.87. The molecule has 0 bridgehead atoms. The van der Waals surface area contributed by atoms with Crippen molar-refractivity contribution >= 4 is 0 Å². The predicted octanol–water partition coefficient (Wildman–Crippen LogP) is 0.470. The van der Waals surface area contributed by atoms with Gasteiger partial charge < -0.3 is 5.73 Å². The summed E-state index contributed by atoms with van der Waals surface area (Å²) in [5.41, 5.74) is 7.66. The Bertz CT molecular complexity index is 457. The Morgan fingerprint density at radius 3 is 2.94 bits per heavy atom. The second kappa shape index (κ2) is 4.44. The molecule has 0 aliphatic carbocycles. The highest BCUT2D eigenvalue weighted by Gasteiger charge is 2.08. The third kappa shape index (κ3) is 2.27. The van der Waals surface area contributed by atoms with Crippen molar-refractivity contribution in [1.29, 1.82) is 0 Å². The van der Waals surface area contributed by atoms with Gasteiger partial charge in [-0.3, -0.25) is 4.68 Å². The fourth-order valence-corrected chi connectivity index (χ4v) is 1.48. The first-order chi connectivity index (χ1) is 7.69. The summed E-state index contributed by atoms with van der Waals surface area (Å²) >= 11 is 0. The largest absolute Gasteiger partial charge is 0.323 e. The molecule has 1 unspecified atom stereocenters. The second-order valence-electron chi connectivity index (χ2n) is 3.84. The van der Waals surface area contributed by atoms with Crippen LogP contribution in [-0.2, 0) is 13.6 Å². The monoisotopic (exact) mass is 220 g/mol. The first kappa shape index (κ1) is 10.8. The zero-order valence-corrected chi connectivity index (χ0v) is 9.54. The van der Waals surface area contributed by atoms with Crippen molar-refractivity contribution in [3.05, 3.63) is 29.8 Å². The SMILES string of the molecule is CCC(N)c1cn(Cc2ccn(C)n2)nn1. The van der Waals surface area contributed by atoms with Crippen molar-refractivity contribution in [3.8, 4) is 0 Å². The summed E-state index contributed by atoms with van der Waals surface area (Å²) in [6, 6.07) is 1.93. The van der Waals surface area contributed by atoms with E-state index >= 15 is 0 Å². The summed E-state index contributed by atoms with van der Waals surface area (Å²) in [5.74, 6) is 0. The fraction of sp³-hybridized carbons (Fsp3) is 0.500. The van der Waals surface area contributed by atoms with Gasteiger partial charge in [0, 0.05) is 13.2 Å². The van der Waals surface area contributed by atoms with Crippen molar-refractivity contribution < 1.29 is 0 Å². The van der Waals surface area contributed by atoms with E-state index in [9.17, 15) is 0 Å². The standard InChI is InChI=1S/C10H16N6/c1-3-9(11)10-7-16(14-12-10)6-8-4-5-15(2)13-8/h4-5,7,9H,3,6,11H2,1-2H3. The third-order valence-electron chi connectivity index (χ3n) is 2.47. The number of hydrogen-bond donors (Lipinski definition) is 1. The van der Waals surface area contributed by atoms with Gasteiger partial charge in [0.2, 0.25) is 0 Å². The molecule has 2 rings (SSSR count). The smallest absolute Gasteiger partial charge is 0.0994 e. The molecule has 0 aromatic carbocycles. The summed E-state index contributed by atoms with van der Waals surface area (Å²) < 4.78 is 3.53. The van der Waals surface area contributed by atoms with Crippen LogP contribution in [0.15, 0.2) is 18.5 Å². The molecule has 0 saturated heterocycles. The van der Waals surface area contributed by atoms with Crippen molar-refractivity contribution in [2.45, 2.75) is 25.9 Å². The Morgan fingerprint density at radius 2 is 2.31 bits per heavy atom. The van der Waals surface area contributed by atoms with Crippen LogP contribution in [0.3, 0.4) is 0 Å². The van der Waals surface area contributed by atoms with E-state index in [1.807, 2.05) is 32.4 Å². The quantitative estimate of drug-likeness (QED) is 0.812. The highest BCUT2D eigenvalue weighted by atomic mass is 15.4. The highest BCUT2D eigenvalue weighted by molar-refractivity contribution is 5.03. The molecule has 16 heavy (non-hydrogen) atoms. The Morgan fingerprint density at radius 1 is 1.50 bits per heavy atom. The molecule has 0 amide bonds. The van der Waals surface area contributed by atoms with Gasteiger partial charge in [-0.1, -0.05) is 12.1 Å². The van der Waals surface area contributed by atoms with Crippen LogP contribution in [0.1, 0.15) is 30.8 Å². The van der Waals surface area contributed by atoms with Crippen molar-refractivity contribution in [3.63, 3.8) is 0 Å². The second-order valence-corrected chi connectivity index (χ2v) is 3.84. The Hall–Kier alpha value is -1.69. The molecule has 0 spiro atoms. The van der Waals surface area contributed by atoms with Crippen LogP contribution in [-0.4, -0.2) is 24.8 Å². The van der Waals surface area contributed by atoms with E-state index in [-0.39, 0.29) is 6.04 Å². The van der Waals surface area contributed by atoms with Crippen LogP contribution < -0.4 is 5.73 Å². The number of hydrogen-bond acceptors (Lipinski definition) is 4. The molecule has 1 atom stereocenters. The molecule has 6 nitrogen and oxygen atoms in total. The maximum Gasteiger partial charge on any atom is 0.0994 e. The molecule has 2 aromatic heterocycles. The Kier molecular flexibility index (Phi) is 3.00. The number of aromatic nitrogens is 5. The first-order valence-corrected chi connectivity index (χ1v) is 5.33. The van der Waals surface area contributed by atoms with Gasteiger partial charge in [0.25, 0.3) is 0 Å². The maximum absolute atomic E-state index is 5.87. The number of aryl methyl sites for hydroxylation is 1. The van der Waals surface area contributed by atoms with Gasteiger partial charge in [-0.05, 0) is 12.5 Å². The van der Waals surface area contributed by atoms with E-state index in [1.165, 1.54) is 0 Å². The lowest BCUT2D eigenvalue weighted by atomic mass is 10.2. The van der Waals surface area contributed by atoms with E-state index in [1.54, 1.807) is 9.36 Å². The summed E-state index contributed by atoms with van der Waals surface area (Å²) in [5, 5.41) is 12.3. The van der Waals surface area contributed by atoms with Crippen molar-refractivity contribution in [1.82, 2.24) is 24.8 Å². The van der Waals surface area contributed by atoms with E-state index in [0.29, 0.717) is 6.54 Å². The van der Waals surface area contributed by atoms with Crippen LogP contribution in [0.2, 0.25) is 0 Å². The molecular formula is C10H16N6. The van der Waals surface area contributed by atoms with Gasteiger partial charge in [0.05, 0.1) is 30.2 Å². The van der Waals surface area contributed by atoms with Crippen LogP contribution in [0.25, 0.3) is 0 Å². The van der Waals surface area contributed by atoms with Gasteiger partial charge in [-0.25, -0.2) is 4.68 Å². The van der Waals surface area contributed by atoms with Gasteiger partial charge >= 0.3 is 0 Å². The number of rotatable bonds is 4. The summed E-state index contributed by atoms with van der Waals surface area (Å²) in [6.45, 7) is 2.66. The zero-order chi connectivity index (χ0) is 11.5. The summed E-state index contributed by atoms with van der Waals surface area (Å²) in [4.78, 5) is 0. The molecule has 2 aromatic rings. The van der Waals surface area contributed by atoms with Gasteiger partial charge in [0.15, 0.2) is 0 Å². The predicted molar refractivity (Wildman–Crippen MR) is 59.6 cm³/mol. The molecule has 0 aliphatic rings. The Balaban J connectivity index is 2.08. The molecule has 0 radical (unpaired) electrons. The fourth-order valence-electron chi connectivity index (χ4n) is 1.48. The van der Waals surface area contributed by atoms with Gasteiger partial charge in [-0.15, -0.1) is 5.10 Å². The third-order valence-corrected chi connectivity index (χ3v) is 2.47. The topological polar surface area (TPSA) is 74.5 Å². The van der Waals surface area contributed by atoms with Crippen molar-refractivity contribution in [2.24, 2.45) is 12.8 Å². The molecule has 0 fully saturated rings. The molecule has 2 heterocycles. The highest BCUT2D eigenvalue weighted by Crippen LogP contribution is 2.09. The summed E-state index contributed by atoms with van der Waals surface area (Å²) in [6.07, 6.45) is 4.65. The van der Waals surface area contributed by atoms with Gasteiger partial charge in [-0.2, -0.15) is 5.10 Å². The molecule has 0 aliphatic heterocycles. The van der Waals surface area contributed by atoms with E-state index in [4.69, 9.17) is 5.73 Å². The maximum atomic E-state index is 5.87. The van der Waals surface area contributed by atoms with E-state index in [2.05, 4.69) is 15.4 Å². The van der Waals surface area contributed by atoms with Crippen LogP contribution in [0.4, 0.5) is 0 Å². The minimum atomic E-state index is -0.0301. The van der Waals surface area contributed by atoms with E-state index in [0.717, 1.165) is 17.8 Å². The Labute approximate surface area is 94.1 Å². The van der Waals surface area contributed by atoms with Crippen molar-refractivity contribution in [2.75, 3.05) is 0 Å². The molecule has 2 N–H and O–H groups in total. The lowest BCUT2D eigenvalue weighted by Gasteiger charge is -2.01. The number of nitrogens with zero attached hydrogens (tertiary/aromatic N) is 5. The molecule has 6 heteroatoms. The molecule has 86 valence electrons. The van der Waals surface area contributed by atoms with Crippen LogP contribution >= 0.6 is 0 Å². The normalized spacial score (nSPS) is 12.9. The minimum absolute atomic E-state index is 0.0301. The first-order valence-electron chi connectivity index (χ1n) is 5.33.